The maximum atomic E-state index is 5.48. The molecule has 0 saturated carbocycles. The molecule has 0 spiro atoms. The van der Waals surface area contributed by atoms with E-state index >= 15 is 0 Å². The molecule has 2 heterocycles. The number of aromatic amines is 1. The number of hydrogen-bond donors (Lipinski definition) is 1. The summed E-state index contributed by atoms with van der Waals surface area (Å²) in [5.41, 5.74) is 4.24. The standard InChI is InChI=1S/C16H12N2O/c1-10-5-6-13-16(18-9-17-13)15(10)12-3-2-4-14-11(12)7-8-19-14/h2-4,6-9H,1,5H2,(H,17,18). The van der Waals surface area contributed by atoms with Crippen molar-refractivity contribution in [2.75, 3.05) is 0 Å². The summed E-state index contributed by atoms with van der Waals surface area (Å²) in [7, 11) is 0. The van der Waals surface area contributed by atoms with E-state index in [0.29, 0.717) is 0 Å². The van der Waals surface area contributed by atoms with E-state index in [1.807, 2.05) is 18.2 Å². The highest BCUT2D eigenvalue weighted by Crippen LogP contribution is 2.29. The van der Waals surface area contributed by atoms with Crippen LogP contribution < -0.4 is 10.7 Å². The topological polar surface area (TPSA) is 41.8 Å². The van der Waals surface area contributed by atoms with E-state index < -0.39 is 0 Å². The lowest BCUT2D eigenvalue weighted by Gasteiger charge is -2.12. The van der Waals surface area contributed by atoms with Gasteiger partial charge in [-0.2, -0.15) is 0 Å². The normalized spacial score (nSPS) is 14.5. The zero-order valence-corrected chi connectivity index (χ0v) is 10.3. The van der Waals surface area contributed by atoms with Crippen LogP contribution in [0.2, 0.25) is 0 Å². The number of benzene rings is 1. The number of nitrogens with zero attached hydrogens (tertiary/aromatic N) is 1. The average molecular weight is 248 g/mol. The Morgan fingerprint density at radius 2 is 2.21 bits per heavy atom. The van der Waals surface area contributed by atoms with Crippen LogP contribution in [-0.4, -0.2) is 9.97 Å². The van der Waals surface area contributed by atoms with Crippen LogP contribution in [0.4, 0.5) is 0 Å². The van der Waals surface area contributed by atoms with Crippen molar-refractivity contribution in [1.29, 1.82) is 0 Å². The largest absolute Gasteiger partial charge is 0.464 e. The molecule has 0 amide bonds. The van der Waals surface area contributed by atoms with Crippen LogP contribution in [0.1, 0.15) is 12.0 Å². The molecule has 19 heavy (non-hydrogen) atoms. The van der Waals surface area contributed by atoms with Gasteiger partial charge in [-0.1, -0.05) is 24.8 Å². The third-order valence-electron chi connectivity index (χ3n) is 3.58. The van der Waals surface area contributed by atoms with Gasteiger partial charge in [-0.15, -0.1) is 0 Å². The minimum Gasteiger partial charge on any atom is -0.464 e. The molecule has 1 aromatic carbocycles. The first kappa shape index (κ1) is 10.4. The summed E-state index contributed by atoms with van der Waals surface area (Å²) in [6.07, 6.45) is 6.43. The molecule has 3 heteroatoms. The first-order chi connectivity index (χ1) is 9.34. The van der Waals surface area contributed by atoms with Gasteiger partial charge in [0.15, 0.2) is 0 Å². The molecule has 1 N–H and O–H groups in total. The van der Waals surface area contributed by atoms with Gasteiger partial charge in [0.1, 0.15) is 5.58 Å². The molecular weight excluding hydrogens is 236 g/mol. The van der Waals surface area contributed by atoms with Crippen molar-refractivity contribution in [3.8, 4) is 0 Å². The maximum absolute atomic E-state index is 5.48. The first-order valence-electron chi connectivity index (χ1n) is 6.23. The van der Waals surface area contributed by atoms with E-state index in [9.17, 15) is 0 Å². The number of imidazole rings is 1. The fraction of sp³-hybridized carbons (Fsp3) is 0.0625. The smallest absolute Gasteiger partial charge is 0.134 e. The second kappa shape index (κ2) is 3.72. The molecule has 0 radical (unpaired) electrons. The highest BCUT2D eigenvalue weighted by Gasteiger charge is 2.15. The van der Waals surface area contributed by atoms with E-state index in [4.69, 9.17) is 4.42 Å². The van der Waals surface area contributed by atoms with Gasteiger partial charge in [-0.3, -0.25) is 0 Å². The van der Waals surface area contributed by atoms with E-state index in [2.05, 4.69) is 28.7 Å². The second-order valence-corrected chi connectivity index (χ2v) is 4.69. The van der Waals surface area contributed by atoms with Crippen LogP contribution in [0.3, 0.4) is 0 Å². The van der Waals surface area contributed by atoms with Crippen molar-refractivity contribution in [2.24, 2.45) is 0 Å². The molecule has 0 unspecified atom stereocenters. The predicted octanol–water partition coefficient (Wildman–Crippen LogP) is 2.10. The number of nitrogens with one attached hydrogen (secondary N) is 1. The average Bonchev–Trinajstić information content (AvgIpc) is 3.06. The summed E-state index contributed by atoms with van der Waals surface area (Å²) in [4.78, 5) is 7.61. The van der Waals surface area contributed by atoms with Crippen molar-refractivity contribution in [1.82, 2.24) is 9.97 Å². The molecule has 0 atom stereocenters. The molecular formula is C16H12N2O. The first-order valence-corrected chi connectivity index (χ1v) is 6.23. The third-order valence-corrected chi connectivity index (χ3v) is 3.58. The van der Waals surface area contributed by atoms with E-state index in [1.54, 1.807) is 12.6 Å². The minimum absolute atomic E-state index is 0.846. The van der Waals surface area contributed by atoms with Crippen LogP contribution in [0, 0.1) is 0 Å². The maximum Gasteiger partial charge on any atom is 0.134 e. The Labute approximate surface area is 109 Å². The summed E-state index contributed by atoms with van der Waals surface area (Å²) in [5, 5.41) is 3.15. The molecule has 0 aliphatic heterocycles. The Balaban J connectivity index is 2.18. The van der Waals surface area contributed by atoms with Gasteiger partial charge in [0.25, 0.3) is 0 Å². The van der Waals surface area contributed by atoms with Gasteiger partial charge in [-0.25, -0.2) is 4.98 Å². The third kappa shape index (κ3) is 1.41. The lowest BCUT2D eigenvalue weighted by atomic mass is 9.91. The Bertz CT molecular complexity index is 912. The van der Waals surface area contributed by atoms with Crippen LogP contribution in [0.15, 0.2) is 53.4 Å². The summed E-state index contributed by atoms with van der Waals surface area (Å²) < 4.78 is 5.48. The lowest BCUT2D eigenvalue weighted by Crippen LogP contribution is -2.30. The zero-order chi connectivity index (χ0) is 12.8. The van der Waals surface area contributed by atoms with Gasteiger partial charge in [-0.05, 0) is 29.7 Å². The molecule has 0 fully saturated rings. The van der Waals surface area contributed by atoms with Crippen molar-refractivity contribution >= 4 is 22.6 Å². The number of aromatic nitrogens is 2. The fourth-order valence-corrected chi connectivity index (χ4v) is 2.68. The minimum atomic E-state index is 0.846. The molecule has 0 bridgehead atoms. The van der Waals surface area contributed by atoms with E-state index in [0.717, 1.165) is 44.8 Å². The summed E-state index contributed by atoms with van der Waals surface area (Å²) >= 11 is 0. The summed E-state index contributed by atoms with van der Waals surface area (Å²) in [5.74, 6) is 0. The summed E-state index contributed by atoms with van der Waals surface area (Å²) in [6.45, 7) is 4.19. The van der Waals surface area contributed by atoms with Crippen molar-refractivity contribution in [3.63, 3.8) is 0 Å². The highest BCUT2D eigenvalue weighted by molar-refractivity contribution is 5.95. The monoisotopic (exact) mass is 248 g/mol. The van der Waals surface area contributed by atoms with E-state index in [1.165, 1.54) is 0 Å². The fourth-order valence-electron chi connectivity index (χ4n) is 2.68. The van der Waals surface area contributed by atoms with Crippen molar-refractivity contribution < 1.29 is 4.42 Å². The summed E-state index contributed by atoms with van der Waals surface area (Å²) in [6, 6.07) is 8.08. The molecule has 2 aromatic heterocycles. The van der Waals surface area contributed by atoms with E-state index in [-0.39, 0.29) is 0 Å². The Morgan fingerprint density at radius 1 is 1.26 bits per heavy atom. The Kier molecular flexibility index (Phi) is 2.03. The van der Waals surface area contributed by atoms with Crippen LogP contribution in [0.25, 0.3) is 22.6 Å². The molecule has 92 valence electrons. The van der Waals surface area contributed by atoms with Gasteiger partial charge < -0.3 is 9.40 Å². The van der Waals surface area contributed by atoms with Gasteiger partial charge in [0.2, 0.25) is 0 Å². The number of H-pyrrole nitrogens is 1. The van der Waals surface area contributed by atoms with Crippen molar-refractivity contribution in [2.45, 2.75) is 6.42 Å². The van der Waals surface area contributed by atoms with Gasteiger partial charge in [0, 0.05) is 11.0 Å². The Hall–Kier alpha value is -2.55. The number of fused-ring (bicyclic) bond motifs is 2. The number of furan rings is 1. The van der Waals surface area contributed by atoms with Crippen LogP contribution in [0.5, 0.6) is 0 Å². The zero-order valence-electron chi connectivity index (χ0n) is 10.3. The molecule has 3 aromatic rings. The van der Waals surface area contributed by atoms with Crippen LogP contribution >= 0.6 is 0 Å². The number of rotatable bonds is 1. The number of allylic oxidation sites excluding steroid dienone is 1. The van der Waals surface area contributed by atoms with Crippen molar-refractivity contribution in [3.05, 3.63) is 65.3 Å². The molecule has 1 aliphatic rings. The van der Waals surface area contributed by atoms with Crippen LogP contribution in [-0.2, 0) is 0 Å². The second-order valence-electron chi connectivity index (χ2n) is 4.69. The molecule has 4 rings (SSSR count). The Morgan fingerprint density at radius 3 is 3.16 bits per heavy atom. The predicted molar refractivity (Wildman–Crippen MR) is 74.8 cm³/mol. The quantitative estimate of drug-likeness (QED) is 0.716. The SMILES string of the molecule is C=C1CC=c2[nH]cnc2=C1c1cccc2occc12. The highest BCUT2D eigenvalue weighted by atomic mass is 16.3. The van der Waals surface area contributed by atoms with Gasteiger partial charge in [0.05, 0.1) is 23.3 Å². The lowest BCUT2D eigenvalue weighted by molar-refractivity contribution is 0.616. The molecule has 3 nitrogen and oxygen atoms in total. The number of hydrogen-bond acceptors (Lipinski definition) is 2. The molecule has 0 saturated heterocycles. The molecule has 1 aliphatic carbocycles. The van der Waals surface area contributed by atoms with Gasteiger partial charge >= 0.3 is 0 Å².